The highest BCUT2D eigenvalue weighted by Crippen LogP contribution is 2.45. The minimum absolute atomic E-state index is 0.242. The lowest BCUT2D eigenvalue weighted by atomic mass is 10.1. The molecule has 0 amide bonds. The lowest BCUT2D eigenvalue weighted by molar-refractivity contribution is -0.687. The molecule has 0 bridgehead atoms. The van der Waals surface area contributed by atoms with Gasteiger partial charge in [-0.3, -0.25) is 0 Å². The number of benzene rings is 2. The number of fused-ring (bicyclic) bond motifs is 2. The molecule has 0 aliphatic carbocycles. The average Bonchev–Trinajstić information content (AvgIpc) is 3.01. The molecular weight excluding hydrogens is 278 g/mol. The molecule has 2 heterocycles. The Hall–Kier alpha value is -2.75. The number of hydrogen-bond acceptors (Lipinski definition) is 3. The summed E-state index contributed by atoms with van der Waals surface area (Å²) in [6.45, 7) is 1.06. The van der Waals surface area contributed by atoms with Gasteiger partial charge in [-0.15, -0.1) is 0 Å². The summed E-state index contributed by atoms with van der Waals surface area (Å²) in [5.41, 5.74) is 1.26. The van der Waals surface area contributed by atoms with E-state index in [4.69, 9.17) is 14.2 Å². The maximum Gasteiger partial charge on any atom is 0.231 e. The Bertz CT molecular complexity index is 831. The molecule has 4 nitrogen and oxygen atoms in total. The normalized spacial score (nSPS) is 12.6. The Kier molecular flexibility index (Phi) is 3.07. The summed E-state index contributed by atoms with van der Waals surface area (Å²) < 4.78 is 18.7. The van der Waals surface area contributed by atoms with Crippen molar-refractivity contribution in [1.82, 2.24) is 0 Å². The van der Waals surface area contributed by atoms with Crippen molar-refractivity contribution in [3.63, 3.8) is 0 Å². The van der Waals surface area contributed by atoms with Crippen molar-refractivity contribution in [3.8, 4) is 17.2 Å². The molecule has 4 rings (SSSR count). The van der Waals surface area contributed by atoms with E-state index in [2.05, 4.69) is 47.3 Å². The Balaban J connectivity index is 1.81. The fraction of sp³-hybridized carbons (Fsp3) is 0.167. The summed E-state index contributed by atoms with van der Waals surface area (Å²) in [4.78, 5) is 0. The van der Waals surface area contributed by atoms with Crippen LogP contribution >= 0.6 is 0 Å². The van der Waals surface area contributed by atoms with Gasteiger partial charge in [0, 0.05) is 17.0 Å². The molecule has 0 saturated heterocycles. The number of aromatic nitrogens is 1. The first-order valence-corrected chi connectivity index (χ1v) is 7.18. The van der Waals surface area contributed by atoms with Gasteiger partial charge in [-0.25, -0.2) is 0 Å². The smallest absolute Gasteiger partial charge is 0.231 e. The van der Waals surface area contributed by atoms with Crippen molar-refractivity contribution >= 4 is 10.8 Å². The van der Waals surface area contributed by atoms with E-state index in [9.17, 15) is 0 Å². The van der Waals surface area contributed by atoms with Crippen LogP contribution < -0.4 is 18.8 Å². The minimum Gasteiger partial charge on any atom is -0.492 e. The van der Waals surface area contributed by atoms with Gasteiger partial charge in [0.25, 0.3) is 0 Å². The van der Waals surface area contributed by atoms with Crippen LogP contribution in [-0.4, -0.2) is 13.9 Å². The van der Waals surface area contributed by atoms with E-state index in [1.54, 1.807) is 7.11 Å². The molecule has 3 aromatic rings. The SMILES string of the molecule is COc1c2c(cc3cc[n+](Cc4ccccc4)cc13)OCO2. The highest BCUT2D eigenvalue weighted by Gasteiger charge is 2.23. The second kappa shape index (κ2) is 5.22. The molecule has 0 unspecified atom stereocenters. The lowest BCUT2D eigenvalue weighted by Crippen LogP contribution is -2.33. The molecule has 0 spiro atoms. The summed E-state index contributed by atoms with van der Waals surface area (Å²) in [6, 6.07) is 14.4. The zero-order chi connectivity index (χ0) is 14.9. The van der Waals surface area contributed by atoms with E-state index in [-0.39, 0.29) is 6.79 Å². The van der Waals surface area contributed by atoms with Crippen molar-refractivity contribution in [1.29, 1.82) is 0 Å². The molecule has 0 saturated carbocycles. The molecule has 0 radical (unpaired) electrons. The third kappa shape index (κ3) is 2.13. The van der Waals surface area contributed by atoms with E-state index < -0.39 is 0 Å². The highest BCUT2D eigenvalue weighted by molar-refractivity contribution is 5.92. The van der Waals surface area contributed by atoms with Gasteiger partial charge in [0.05, 0.1) is 12.5 Å². The van der Waals surface area contributed by atoms with Gasteiger partial charge < -0.3 is 14.2 Å². The van der Waals surface area contributed by atoms with Gasteiger partial charge in [0.1, 0.15) is 0 Å². The number of methoxy groups -OCH3 is 1. The van der Waals surface area contributed by atoms with Crippen molar-refractivity contribution in [2.75, 3.05) is 13.9 Å². The van der Waals surface area contributed by atoms with Crippen molar-refractivity contribution < 1.29 is 18.8 Å². The number of pyridine rings is 1. The van der Waals surface area contributed by atoms with Crippen molar-refractivity contribution in [3.05, 3.63) is 60.4 Å². The minimum atomic E-state index is 0.242. The van der Waals surface area contributed by atoms with Crippen LogP contribution in [0, 0.1) is 0 Å². The maximum absolute atomic E-state index is 5.56. The number of ether oxygens (including phenoxy) is 3. The molecule has 1 aliphatic rings. The fourth-order valence-electron chi connectivity index (χ4n) is 2.80. The molecule has 1 aliphatic heterocycles. The molecule has 0 N–H and O–H groups in total. The summed E-state index contributed by atoms with van der Waals surface area (Å²) in [6.07, 6.45) is 4.15. The first-order chi connectivity index (χ1) is 10.8. The summed E-state index contributed by atoms with van der Waals surface area (Å²) in [5.74, 6) is 2.16. The first kappa shape index (κ1) is 13.0. The van der Waals surface area contributed by atoms with Gasteiger partial charge >= 0.3 is 0 Å². The predicted octanol–water partition coefficient (Wildman–Crippen LogP) is 2.91. The third-order valence-corrected chi connectivity index (χ3v) is 3.84. The topological polar surface area (TPSA) is 31.6 Å². The Morgan fingerprint density at radius 2 is 2.00 bits per heavy atom. The average molecular weight is 294 g/mol. The zero-order valence-electron chi connectivity index (χ0n) is 12.3. The van der Waals surface area contributed by atoms with Crippen LogP contribution in [0.15, 0.2) is 54.9 Å². The molecular formula is C18H16NO3+. The van der Waals surface area contributed by atoms with Crippen LogP contribution in [0.3, 0.4) is 0 Å². The second-order valence-electron chi connectivity index (χ2n) is 5.25. The van der Waals surface area contributed by atoms with E-state index in [0.717, 1.165) is 28.8 Å². The van der Waals surface area contributed by atoms with Crippen LogP contribution in [0.25, 0.3) is 10.8 Å². The Labute approximate surface area is 128 Å². The largest absolute Gasteiger partial charge is 0.492 e. The second-order valence-corrected chi connectivity index (χ2v) is 5.25. The Morgan fingerprint density at radius 1 is 1.14 bits per heavy atom. The standard InChI is InChI=1S/C18H16NO3/c1-20-17-15-11-19(10-13-5-3-2-4-6-13)8-7-14(15)9-16-18(17)22-12-21-16/h2-9,11H,10,12H2,1H3/q+1. The van der Waals surface area contributed by atoms with Gasteiger partial charge in [0.15, 0.2) is 30.4 Å². The van der Waals surface area contributed by atoms with E-state index >= 15 is 0 Å². The van der Waals surface area contributed by atoms with Crippen molar-refractivity contribution in [2.24, 2.45) is 0 Å². The van der Waals surface area contributed by atoms with Gasteiger partial charge in [0.2, 0.25) is 12.5 Å². The summed E-state index contributed by atoms with van der Waals surface area (Å²) >= 11 is 0. The monoisotopic (exact) mass is 294 g/mol. The first-order valence-electron chi connectivity index (χ1n) is 7.18. The van der Waals surface area contributed by atoms with Crippen LogP contribution in [0.4, 0.5) is 0 Å². The van der Waals surface area contributed by atoms with E-state index in [1.807, 2.05) is 12.1 Å². The van der Waals surface area contributed by atoms with Gasteiger partial charge in [-0.2, -0.15) is 4.57 Å². The van der Waals surface area contributed by atoms with Crippen LogP contribution in [0.2, 0.25) is 0 Å². The van der Waals surface area contributed by atoms with Gasteiger partial charge in [-0.1, -0.05) is 30.3 Å². The van der Waals surface area contributed by atoms with Crippen LogP contribution in [-0.2, 0) is 6.54 Å². The molecule has 1 aromatic heterocycles. The van der Waals surface area contributed by atoms with E-state index in [1.165, 1.54) is 5.56 Å². The van der Waals surface area contributed by atoms with Gasteiger partial charge in [-0.05, 0) is 6.07 Å². The predicted molar refractivity (Wildman–Crippen MR) is 82.4 cm³/mol. The van der Waals surface area contributed by atoms with Crippen molar-refractivity contribution in [2.45, 2.75) is 6.54 Å². The van der Waals surface area contributed by atoms with Crippen LogP contribution in [0.5, 0.6) is 17.2 Å². The highest BCUT2D eigenvalue weighted by atomic mass is 16.7. The molecule has 4 heteroatoms. The summed E-state index contributed by atoms with van der Waals surface area (Å²) in [5, 5.41) is 2.09. The number of hydrogen-bond donors (Lipinski definition) is 0. The molecule has 0 fully saturated rings. The lowest BCUT2D eigenvalue weighted by Gasteiger charge is -2.08. The number of nitrogens with zero attached hydrogens (tertiary/aromatic N) is 1. The van der Waals surface area contributed by atoms with E-state index in [0.29, 0.717) is 5.75 Å². The maximum atomic E-state index is 5.56. The zero-order valence-corrected chi connectivity index (χ0v) is 12.3. The molecule has 0 atom stereocenters. The molecule has 2 aromatic carbocycles. The third-order valence-electron chi connectivity index (χ3n) is 3.84. The summed E-state index contributed by atoms with van der Waals surface area (Å²) in [7, 11) is 1.66. The fourth-order valence-corrected chi connectivity index (χ4v) is 2.80. The van der Waals surface area contributed by atoms with Crippen LogP contribution in [0.1, 0.15) is 5.56 Å². The molecule has 22 heavy (non-hydrogen) atoms. The number of rotatable bonds is 3. The Morgan fingerprint density at radius 3 is 2.82 bits per heavy atom. The molecule has 110 valence electrons. The quantitative estimate of drug-likeness (QED) is 0.696.